The zero-order valence-corrected chi connectivity index (χ0v) is 9.93. The van der Waals surface area contributed by atoms with E-state index in [0.29, 0.717) is 5.70 Å². The number of esters is 1. The van der Waals surface area contributed by atoms with E-state index < -0.39 is 17.8 Å². The van der Waals surface area contributed by atoms with E-state index in [9.17, 15) is 14.4 Å². The zero-order valence-electron chi connectivity index (χ0n) is 9.93. The SMILES string of the molecule is CCOC(=O)C=C(C)N1CC(C(N)=O)CC1=O. The molecule has 0 aromatic heterocycles. The van der Waals surface area contributed by atoms with Crippen LogP contribution < -0.4 is 5.73 Å². The van der Waals surface area contributed by atoms with Crippen molar-refractivity contribution in [1.82, 2.24) is 4.90 Å². The molecule has 6 nitrogen and oxygen atoms in total. The number of primary amides is 1. The summed E-state index contributed by atoms with van der Waals surface area (Å²) in [5, 5.41) is 0. The van der Waals surface area contributed by atoms with Gasteiger partial charge in [0.1, 0.15) is 0 Å². The molecule has 1 fully saturated rings. The second-order valence-electron chi connectivity index (χ2n) is 3.85. The third-order valence-electron chi connectivity index (χ3n) is 2.57. The molecule has 0 saturated carbocycles. The Kier molecular flexibility index (Phi) is 4.25. The first kappa shape index (κ1) is 13.2. The van der Waals surface area contributed by atoms with Gasteiger partial charge in [-0.25, -0.2) is 4.79 Å². The van der Waals surface area contributed by atoms with Gasteiger partial charge in [-0.2, -0.15) is 0 Å². The Labute approximate surface area is 99.4 Å². The number of likely N-dealkylation sites (tertiary alicyclic amines) is 1. The van der Waals surface area contributed by atoms with Gasteiger partial charge in [-0.1, -0.05) is 0 Å². The number of amides is 2. The van der Waals surface area contributed by atoms with Gasteiger partial charge in [0.25, 0.3) is 0 Å². The lowest BCUT2D eigenvalue weighted by Gasteiger charge is -2.16. The minimum absolute atomic E-state index is 0.101. The van der Waals surface area contributed by atoms with Crippen molar-refractivity contribution >= 4 is 17.8 Å². The number of nitrogens with zero attached hydrogens (tertiary/aromatic N) is 1. The summed E-state index contributed by atoms with van der Waals surface area (Å²) >= 11 is 0. The summed E-state index contributed by atoms with van der Waals surface area (Å²) in [4.78, 5) is 35.2. The normalized spacial score (nSPS) is 20.6. The van der Waals surface area contributed by atoms with Gasteiger partial charge in [0.2, 0.25) is 11.8 Å². The molecule has 0 aromatic rings. The highest BCUT2D eigenvalue weighted by Crippen LogP contribution is 2.21. The molecule has 1 rings (SSSR count). The lowest BCUT2D eigenvalue weighted by atomic mass is 10.1. The van der Waals surface area contributed by atoms with Crippen molar-refractivity contribution in [2.75, 3.05) is 13.2 Å². The molecule has 94 valence electrons. The highest BCUT2D eigenvalue weighted by atomic mass is 16.5. The van der Waals surface area contributed by atoms with E-state index >= 15 is 0 Å². The number of rotatable bonds is 4. The predicted octanol–water partition coefficient (Wildman–Crippen LogP) is -0.213. The van der Waals surface area contributed by atoms with Crippen molar-refractivity contribution < 1.29 is 19.1 Å². The van der Waals surface area contributed by atoms with E-state index in [-0.39, 0.29) is 25.5 Å². The fourth-order valence-electron chi connectivity index (χ4n) is 1.67. The first-order chi connectivity index (χ1) is 7.95. The summed E-state index contributed by atoms with van der Waals surface area (Å²) in [5.41, 5.74) is 5.61. The van der Waals surface area contributed by atoms with Gasteiger partial charge in [-0.05, 0) is 13.8 Å². The number of carbonyl (C=O) groups is 3. The molecule has 1 saturated heterocycles. The lowest BCUT2D eigenvalue weighted by Crippen LogP contribution is -2.27. The lowest BCUT2D eigenvalue weighted by molar-refractivity contribution is -0.137. The van der Waals surface area contributed by atoms with E-state index in [1.54, 1.807) is 13.8 Å². The molecule has 1 heterocycles. The van der Waals surface area contributed by atoms with Crippen LogP contribution in [0.4, 0.5) is 0 Å². The van der Waals surface area contributed by atoms with Gasteiger partial charge >= 0.3 is 5.97 Å². The zero-order chi connectivity index (χ0) is 13.0. The Morgan fingerprint density at radius 3 is 2.71 bits per heavy atom. The van der Waals surface area contributed by atoms with Crippen molar-refractivity contribution in [3.8, 4) is 0 Å². The van der Waals surface area contributed by atoms with Crippen molar-refractivity contribution in [1.29, 1.82) is 0 Å². The maximum Gasteiger partial charge on any atom is 0.332 e. The van der Waals surface area contributed by atoms with Crippen LogP contribution in [0, 0.1) is 5.92 Å². The van der Waals surface area contributed by atoms with Gasteiger partial charge in [0.05, 0.1) is 12.5 Å². The predicted molar refractivity (Wildman–Crippen MR) is 59.4 cm³/mol. The summed E-state index contributed by atoms with van der Waals surface area (Å²) in [6.07, 6.45) is 1.34. The Morgan fingerprint density at radius 2 is 2.24 bits per heavy atom. The second-order valence-corrected chi connectivity index (χ2v) is 3.85. The van der Waals surface area contributed by atoms with E-state index in [1.165, 1.54) is 11.0 Å². The van der Waals surface area contributed by atoms with Gasteiger partial charge in [0, 0.05) is 24.7 Å². The fraction of sp³-hybridized carbons (Fsp3) is 0.545. The van der Waals surface area contributed by atoms with Crippen LogP contribution in [0.3, 0.4) is 0 Å². The van der Waals surface area contributed by atoms with Crippen LogP contribution in [0.5, 0.6) is 0 Å². The molecule has 1 aliphatic rings. The summed E-state index contributed by atoms with van der Waals surface area (Å²) in [7, 11) is 0. The number of ether oxygens (including phenoxy) is 1. The van der Waals surface area contributed by atoms with Gasteiger partial charge in [-0.3, -0.25) is 9.59 Å². The minimum atomic E-state index is -0.500. The highest BCUT2D eigenvalue weighted by molar-refractivity contribution is 5.90. The highest BCUT2D eigenvalue weighted by Gasteiger charge is 2.33. The Morgan fingerprint density at radius 1 is 1.59 bits per heavy atom. The van der Waals surface area contributed by atoms with Gasteiger partial charge < -0.3 is 15.4 Å². The third kappa shape index (κ3) is 3.30. The second kappa shape index (κ2) is 5.47. The van der Waals surface area contributed by atoms with Crippen LogP contribution in [0.25, 0.3) is 0 Å². The third-order valence-corrected chi connectivity index (χ3v) is 2.57. The maximum atomic E-state index is 11.6. The first-order valence-electron chi connectivity index (χ1n) is 5.40. The van der Waals surface area contributed by atoms with Crippen LogP contribution >= 0.6 is 0 Å². The standard InChI is InChI=1S/C11H16N2O4/c1-3-17-10(15)4-7(2)13-6-8(11(12)16)5-9(13)14/h4,8H,3,5-6H2,1-2H3,(H2,12,16). The van der Waals surface area contributed by atoms with Gasteiger partial charge in [-0.15, -0.1) is 0 Å². The largest absolute Gasteiger partial charge is 0.463 e. The summed E-state index contributed by atoms with van der Waals surface area (Å²) in [6.45, 7) is 3.83. The summed E-state index contributed by atoms with van der Waals surface area (Å²) < 4.78 is 4.74. The molecule has 0 aromatic carbocycles. The smallest absolute Gasteiger partial charge is 0.332 e. The van der Waals surface area contributed by atoms with Crippen molar-refractivity contribution in [3.05, 3.63) is 11.8 Å². The topological polar surface area (TPSA) is 89.7 Å². The van der Waals surface area contributed by atoms with E-state index in [2.05, 4.69) is 0 Å². The van der Waals surface area contributed by atoms with E-state index in [4.69, 9.17) is 10.5 Å². The molecule has 0 aliphatic carbocycles. The number of nitrogens with two attached hydrogens (primary N) is 1. The molecule has 6 heteroatoms. The van der Waals surface area contributed by atoms with Crippen LogP contribution in [0.15, 0.2) is 11.8 Å². The summed E-state index contributed by atoms with van der Waals surface area (Å²) in [6, 6.07) is 0. The van der Waals surface area contributed by atoms with Crippen LogP contribution in [0.1, 0.15) is 20.3 Å². The molecule has 2 amide bonds. The average molecular weight is 240 g/mol. The number of hydrogen-bond donors (Lipinski definition) is 1. The van der Waals surface area contributed by atoms with E-state index in [1.807, 2.05) is 0 Å². The maximum absolute atomic E-state index is 11.6. The quantitative estimate of drug-likeness (QED) is 0.543. The molecule has 0 spiro atoms. The molecule has 1 atom stereocenters. The van der Waals surface area contributed by atoms with Crippen LogP contribution in [-0.2, 0) is 19.1 Å². The average Bonchev–Trinajstić information content (AvgIpc) is 2.60. The molecule has 1 aliphatic heterocycles. The van der Waals surface area contributed by atoms with Crippen molar-refractivity contribution in [3.63, 3.8) is 0 Å². The minimum Gasteiger partial charge on any atom is -0.463 e. The number of hydrogen-bond acceptors (Lipinski definition) is 4. The molecular weight excluding hydrogens is 224 g/mol. The Balaban J connectivity index is 2.70. The Bertz CT molecular complexity index is 376. The molecule has 2 N–H and O–H groups in total. The van der Waals surface area contributed by atoms with Crippen molar-refractivity contribution in [2.24, 2.45) is 11.7 Å². The molecule has 0 bridgehead atoms. The van der Waals surface area contributed by atoms with Gasteiger partial charge in [0.15, 0.2) is 0 Å². The van der Waals surface area contributed by atoms with Crippen LogP contribution in [-0.4, -0.2) is 35.8 Å². The van der Waals surface area contributed by atoms with E-state index in [0.717, 1.165) is 0 Å². The van der Waals surface area contributed by atoms with Crippen LogP contribution in [0.2, 0.25) is 0 Å². The number of allylic oxidation sites excluding steroid dienone is 1. The molecule has 17 heavy (non-hydrogen) atoms. The Hall–Kier alpha value is -1.85. The monoisotopic (exact) mass is 240 g/mol. The molecule has 0 radical (unpaired) electrons. The first-order valence-corrected chi connectivity index (χ1v) is 5.40. The molecule has 1 unspecified atom stereocenters. The molecular formula is C11H16N2O4. The summed E-state index contributed by atoms with van der Waals surface area (Å²) in [5.74, 6) is -1.68. The number of carbonyl (C=O) groups excluding carboxylic acids is 3. The van der Waals surface area contributed by atoms with Crippen molar-refractivity contribution in [2.45, 2.75) is 20.3 Å². The fourth-order valence-corrected chi connectivity index (χ4v) is 1.67.